The molecule has 0 aliphatic rings. The zero-order valence-electron chi connectivity index (χ0n) is 24.5. The lowest BCUT2D eigenvalue weighted by Crippen LogP contribution is -2.44. The van der Waals surface area contributed by atoms with Crippen LogP contribution in [0.15, 0.2) is 53.8 Å². The van der Waals surface area contributed by atoms with Gasteiger partial charge in [-0.25, -0.2) is 8.78 Å². The van der Waals surface area contributed by atoms with E-state index in [0.29, 0.717) is 46.5 Å². The molecule has 4 atom stereocenters. The molecule has 13 nitrogen and oxygen atoms in total. The van der Waals surface area contributed by atoms with Gasteiger partial charge in [0.05, 0.1) is 46.9 Å². The van der Waals surface area contributed by atoms with E-state index in [0.717, 1.165) is 0 Å². The molecule has 3 aromatic rings. The van der Waals surface area contributed by atoms with Gasteiger partial charge < -0.3 is 46.0 Å². The van der Waals surface area contributed by atoms with E-state index >= 15 is 0 Å². The van der Waals surface area contributed by atoms with Gasteiger partial charge in [0.2, 0.25) is 5.91 Å². The summed E-state index contributed by atoms with van der Waals surface area (Å²) in [5, 5.41) is 59.3. The minimum atomic E-state index is -2.14. The normalized spacial score (nSPS) is 14.2. The first-order chi connectivity index (χ1) is 22.1. The molecule has 1 aromatic heterocycles. The average molecular weight is 663 g/mol. The number of aliphatic hydroxyl groups is 4. The number of aromatic nitrogens is 1. The smallest absolute Gasteiger partial charge is 0.248 e. The van der Waals surface area contributed by atoms with Crippen LogP contribution >= 0.6 is 11.6 Å². The second kappa shape index (κ2) is 17.9. The first-order valence-corrected chi connectivity index (χ1v) is 14.3. The molecular weight excluding hydrogens is 630 g/mol. The molecule has 4 unspecified atom stereocenters. The Labute approximate surface area is 267 Å². The maximum Gasteiger partial charge on any atom is 0.248 e. The molecule has 1 heterocycles. The van der Waals surface area contributed by atoms with Crippen LogP contribution in [0, 0.1) is 17.1 Å². The molecule has 0 saturated heterocycles. The Kier molecular flexibility index (Phi) is 14.0. The summed E-state index contributed by atoms with van der Waals surface area (Å²) >= 11 is 5.92. The number of rotatable bonds is 17. The van der Waals surface area contributed by atoms with Crippen molar-refractivity contribution in [1.82, 2.24) is 10.3 Å². The van der Waals surface area contributed by atoms with Crippen molar-refractivity contribution in [3.05, 3.63) is 65.1 Å². The number of ether oxygens (including phenoxy) is 1. The zero-order valence-corrected chi connectivity index (χ0v) is 25.3. The summed E-state index contributed by atoms with van der Waals surface area (Å²) in [6, 6.07) is 9.35. The molecule has 0 fully saturated rings. The molecule has 3 rings (SSSR count). The van der Waals surface area contributed by atoms with Crippen LogP contribution in [0.1, 0.15) is 12.5 Å². The maximum atomic E-state index is 13.8. The average Bonchev–Trinajstić information content (AvgIpc) is 3.05. The molecule has 0 bridgehead atoms. The highest BCUT2D eigenvalue weighted by Gasteiger charge is 2.30. The van der Waals surface area contributed by atoms with E-state index in [1.165, 1.54) is 30.5 Å². The molecule has 0 aliphatic heterocycles. The number of halogens is 3. The monoisotopic (exact) mass is 662 g/mol. The fourth-order valence-corrected chi connectivity index (χ4v) is 4.12. The molecular formula is C30H33ClF2N6O7. The number of carbonyl (C=O) groups is 1. The van der Waals surface area contributed by atoms with Gasteiger partial charge in [-0.05, 0) is 31.2 Å². The molecule has 7 N–H and O–H groups in total. The van der Waals surface area contributed by atoms with Crippen molar-refractivity contribution in [2.45, 2.75) is 31.4 Å². The maximum absolute atomic E-state index is 13.8. The van der Waals surface area contributed by atoms with Crippen molar-refractivity contribution >= 4 is 51.7 Å². The summed E-state index contributed by atoms with van der Waals surface area (Å²) in [5.74, 6) is -0.722. The van der Waals surface area contributed by atoms with E-state index in [4.69, 9.17) is 26.3 Å². The zero-order chi connectivity index (χ0) is 33.6. The number of hydrogen-bond donors (Lipinski definition) is 7. The van der Waals surface area contributed by atoms with E-state index in [9.17, 15) is 34.2 Å². The first-order valence-electron chi connectivity index (χ1n) is 13.9. The second-order valence-corrected chi connectivity index (χ2v) is 9.98. The highest BCUT2D eigenvalue weighted by Crippen LogP contribution is 2.36. The topological polar surface area (TPSA) is 202 Å². The molecule has 16 heteroatoms. The number of nitriles is 1. The SMILES string of the molecule is CCOc1cc2ncc(C#N)c(Nc3ccc(F)c(Cl)c3)c2cc1NC(=O)/C=C/CNCCO/N=C/C(F)C(O)C(O)C(O)CO. The fourth-order valence-electron chi connectivity index (χ4n) is 3.94. The second-order valence-electron chi connectivity index (χ2n) is 9.57. The van der Waals surface area contributed by atoms with Crippen LogP contribution in [-0.4, -0.2) is 94.9 Å². The highest BCUT2D eigenvalue weighted by atomic mass is 35.5. The third-order valence-corrected chi connectivity index (χ3v) is 6.56. The van der Waals surface area contributed by atoms with Crippen LogP contribution < -0.4 is 20.7 Å². The summed E-state index contributed by atoms with van der Waals surface area (Å²) in [7, 11) is 0. The van der Waals surface area contributed by atoms with Crippen LogP contribution in [0.2, 0.25) is 5.02 Å². The summed E-state index contributed by atoms with van der Waals surface area (Å²) < 4.78 is 33.2. The summed E-state index contributed by atoms with van der Waals surface area (Å²) in [6.45, 7) is 1.76. The van der Waals surface area contributed by atoms with Gasteiger partial charge in [0.1, 0.15) is 42.6 Å². The Morgan fingerprint density at radius 1 is 1.24 bits per heavy atom. The minimum absolute atomic E-state index is 0.00912. The van der Waals surface area contributed by atoms with Crippen LogP contribution in [0.25, 0.3) is 10.9 Å². The Morgan fingerprint density at radius 2 is 2.02 bits per heavy atom. The van der Waals surface area contributed by atoms with E-state index < -0.39 is 42.8 Å². The number of aliphatic hydroxyl groups excluding tert-OH is 4. The number of anilines is 3. The number of hydrogen-bond acceptors (Lipinski definition) is 12. The minimum Gasteiger partial charge on any atom is -0.492 e. The number of pyridine rings is 1. The number of benzene rings is 2. The molecule has 46 heavy (non-hydrogen) atoms. The largest absolute Gasteiger partial charge is 0.492 e. The molecule has 0 radical (unpaired) electrons. The lowest BCUT2D eigenvalue weighted by atomic mass is 10.1. The van der Waals surface area contributed by atoms with Crippen molar-refractivity contribution in [1.29, 1.82) is 5.26 Å². The molecule has 0 aliphatic carbocycles. The van der Waals surface area contributed by atoms with E-state index in [-0.39, 0.29) is 30.3 Å². The summed E-state index contributed by atoms with van der Waals surface area (Å²) in [6.07, 6.45) is -2.93. The predicted octanol–water partition coefficient (Wildman–Crippen LogP) is 2.54. The number of carbonyl (C=O) groups excluding carboxylic acids is 1. The van der Waals surface area contributed by atoms with Gasteiger partial charge in [-0.15, -0.1) is 0 Å². The van der Waals surface area contributed by atoms with Crippen molar-refractivity contribution in [3.8, 4) is 11.8 Å². The lowest BCUT2D eigenvalue weighted by molar-refractivity contribution is -0.111. The van der Waals surface area contributed by atoms with E-state index in [2.05, 4.69) is 32.2 Å². The number of alkyl halides is 1. The molecule has 2 aromatic carbocycles. The Morgan fingerprint density at radius 3 is 2.72 bits per heavy atom. The lowest BCUT2D eigenvalue weighted by Gasteiger charge is -2.22. The van der Waals surface area contributed by atoms with Gasteiger partial charge in [0.15, 0.2) is 6.17 Å². The Bertz CT molecular complexity index is 1590. The van der Waals surface area contributed by atoms with Crippen molar-refractivity contribution < 1.29 is 43.6 Å². The van der Waals surface area contributed by atoms with Crippen LogP contribution in [0.4, 0.5) is 25.8 Å². The number of fused-ring (bicyclic) bond motifs is 1. The first kappa shape index (κ1) is 36.0. The third kappa shape index (κ3) is 10.0. The van der Waals surface area contributed by atoms with Gasteiger partial charge >= 0.3 is 0 Å². The number of oxime groups is 1. The molecule has 1 amide bonds. The van der Waals surface area contributed by atoms with Gasteiger partial charge in [-0.3, -0.25) is 9.78 Å². The predicted molar refractivity (Wildman–Crippen MR) is 167 cm³/mol. The number of nitrogens with zero attached hydrogens (tertiary/aromatic N) is 3. The highest BCUT2D eigenvalue weighted by molar-refractivity contribution is 6.31. The standard InChI is InChI=1S/C30H33ClF2N6O7/c1-2-45-26-12-23-19(28(17(13-34)14-36-23)38-18-5-6-21(32)20(31)10-18)11-24(26)39-27(42)4-3-7-35-8-9-46-37-15-22(33)29(43)30(44)25(41)16-40/h3-6,10-12,14-15,22,25,29-30,35,40-41,43-44H,2,7-9,16H2,1H3,(H,36,38)(H,39,42)/b4-3+,37-15+. The van der Waals surface area contributed by atoms with Crippen LogP contribution in [0.3, 0.4) is 0 Å². The number of amides is 1. The van der Waals surface area contributed by atoms with Crippen molar-refractivity contribution in [2.24, 2.45) is 5.16 Å². The van der Waals surface area contributed by atoms with E-state index in [1.807, 2.05) is 0 Å². The van der Waals surface area contributed by atoms with Gasteiger partial charge in [-0.1, -0.05) is 22.8 Å². The van der Waals surface area contributed by atoms with Crippen molar-refractivity contribution in [2.75, 3.05) is 43.5 Å². The van der Waals surface area contributed by atoms with Crippen molar-refractivity contribution in [3.63, 3.8) is 0 Å². The molecule has 0 spiro atoms. The fraction of sp³-hybridized carbons (Fsp3) is 0.333. The van der Waals surface area contributed by atoms with Gasteiger partial charge in [0.25, 0.3) is 0 Å². The number of nitrogens with one attached hydrogen (secondary N) is 3. The van der Waals surface area contributed by atoms with Gasteiger partial charge in [0, 0.05) is 42.5 Å². The summed E-state index contributed by atoms with van der Waals surface area (Å²) in [5.41, 5.74) is 1.79. The molecule has 0 saturated carbocycles. The van der Waals surface area contributed by atoms with E-state index in [1.54, 1.807) is 25.1 Å². The quantitative estimate of drug-likeness (QED) is 0.0485. The van der Waals surface area contributed by atoms with Crippen LogP contribution in [0.5, 0.6) is 5.75 Å². The Hall–Kier alpha value is -4.43. The molecule has 246 valence electrons. The third-order valence-electron chi connectivity index (χ3n) is 6.27. The Balaban J connectivity index is 1.60. The summed E-state index contributed by atoms with van der Waals surface area (Å²) in [4.78, 5) is 21.9. The van der Waals surface area contributed by atoms with Crippen LogP contribution in [-0.2, 0) is 9.63 Å². The van der Waals surface area contributed by atoms with Gasteiger partial charge in [-0.2, -0.15) is 5.26 Å².